The number of halogens is 4. The second-order valence-electron chi connectivity index (χ2n) is 6.95. The van der Waals surface area contributed by atoms with Crippen molar-refractivity contribution in [3.63, 3.8) is 0 Å². The third kappa shape index (κ3) is 6.48. The van der Waals surface area contributed by atoms with Gasteiger partial charge in [0.2, 0.25) is 5.88 Å². The second-order valence-corrected chi connectivity index (χ2v) is 7.80. The fourth-order valence-corrected chi connectivity index (χ4v) is 3.13. The number of hydrogen-bond donors (Lipinski definition) is 1. The van der Waals surface area contributed by atoms with E-state index in [4.69, 9.17) is 0 Å². The quantitative estimate of drug-likeness (QED) is 0.614. The smallest absolute Gasteiger partial charge is 0.422 e. The molecule has 0 spiro atoms. The molecule has 1 saturated carbocycles. The monoisotopic (exact) mass is 486 g/mol. The largest absolute Gasteiger partial charge is 0.467 e. The van der Waals surface area contributed by atoms with Crippen LogP contribution in [-0.2, 0) is 17.8 Å². The third-order valence-electron chi connectivity index (χ3n) is 4.19. The Bertz CT molecular complexity index is 965. The fraction of sp³-hybridized carbons (Fsp3) is 0.421. The van der Waals surface area contributed by atoms with Crippen molar-refractivity contribution in [3.8, 4) is 5.88 Å². The Morgan fingerprint density at radius 1 is 1.27 bits per heavy atom. The molecule has 1 amide bonds. The molecular formula is C19H18BrF3N4O3. The van der Waals surface area contributed by atoms with Gasteiger partial charge in [0.05, 0.1) is 10.9 Å². The molecular weight excluding hydrogens is 469 g/mol. The number of amides is 1. The maximum Gasteiger partial charge on any atom is 0.422 e. The lowest BCUT2D eigenvalue weighted by Gasteiger charge is -2.11. The van der Waals surface area contributed by atoms with E-state index < -0.39 is 18.7 Å². The summed E-state index contributed by atoms with van der Waals surface area (Å²) in [6, 6.07) is 3.02. The molecule has 2 aromatic heterocycles. The van der Waals surface area contributed by atoms with Gasteiger partial charge in [-0.25, -0.2) is 15.0 Å². The van der Waals surface area contributed by atoms with Crippen molar-refractivity contribution in [1.29, 1.82) is 0 Å². The number of pyridine rings is 1. The van der Waals surface area contributed by atoms with Gasteiger partial charge < -0.3 is 10.1 Å². The Morgan fingerprint density at radius 2 is 2.00 bits per heavy atom. The van der Waals surface area contributed by atoms with Crippen molar-refractivity contribution in [1.82, 2.24) is 20.3 Å². The lowest BCUT2D eigenvalue weighted by atomic mass is 10.2. The Morgan fingerprint density at radius 3 is 2.63 bits per heavy atom. The Hall–Kier alpha value is -2.56. The van der Waals surface area contributed by atoms with Gasteiger partial charge in [0, 0.05) is 24.4 Å². The molecule has 1 aliphatic carbocycles. The summed E-state index contributed by atoms with van der Waals surface area (Å²) in [4.78, 5) is 36.7. The average molecular weight is 487 g/mol. The van der Waals surface area contributed by atoms with E-state index in [1.807, 2.05) is 0 Å². The molecule has 0 radical (unpaired) electrons. The lowest BCUT2D eigenvalue weighted by Crippen LogP contribution is -2.25. The first-order chi connectivity index (χ1) is 14.1. The summed E-state index contributed by atoms with van der Waals surface area (Å²) >= 11 is 3.11. The van der Waals surface area contributed by atoms with E-state index in [1.54, 1.807) is 6.92 Å². The highest BCUT2D eigenvalue weighted by molar-refractivity contribution is 9.10. The summed E-state index contributed by atoms with van der Waals surface area (Å²) in [5.74, 6) is -0.184. The van der Waals surface area contributed by atoms with Crippen LogP contribution in [-0.4, -0.2) is 39.4 Å². The Kier molecular flexibility index (Phi) is 6.69. The highest BCUT2D eigenvalue weighted by Gasteiger charge is 2.30. The van der Waals surface area contributed by atoms with Crippen LogP contribution in [0.3, 0.4) is 0 Å². The molecule has 11 heteroatoms. The zero-order valence-electron chi connectivity index (χ0n) is 15.9. The van der Waals surface area contributed by atoms with Gasteiger partial charge in [0.15, 0.2) is 6.61 Å². The van der Waals surface area contributed by atoms with Crippen LogP contribution in [0, 0.1) is 12.8 Å². The first kappa shape index (κ1) is 22.1. The number of hydrogen-bond acceptors (Lipinski definition) is 6. The van der Waals surface area contributed by atoms with Crippen LogP contribution in [0.1, 0.15) is 40.4 Å². The van der Waals surface area contributed by atoms with Gasteiger partial charge in [-0.15, -0.1) is 0 Å². The lowest BCUT2D eigenvalue weighted by molar-refractivity contribution is -0.154. The third-order valence-corrected chi connectivity index (χ3v) is 4.76. The highest BCUT2D eigenvalue weighted by Crippen LogP contribution is 2.30. The van der Waals surface area contributed by atoms with Crippen molar-refractivity contribution in [2.75, 3.05) is 6.61 Å². The number of alkyl halides is 3. The second kappa shape index (κ2) is 9.07. The molecule has 2 heterocycles. The molecule has 1 fully saturated rings. The summed E-state index contributed by atoms with van der Waals surface area (Å²) in [5.41, 5.74) is 1.26. The fourth-order valence-electron chi connectivity index (χ4n) is 2.62. The van der Waals surface area contributed by atoms with Crippen LogP contribution in [0.4, 0.5) is 13.2 Å². The van der Waals surface area contributed by atoms with Gasteiger partial charge in [0.1, 0.15) is 17.3 Å². The van der Waals surface area contributed by atoms with Gasteiger partial charge in [-0.1, -0.05) is 0 Å². The Balaban J connectivity index is 1.60. The predicted octanol–water partition coefficient (Wildman–Crippen LogP) is 3.34. The zero-order chi connectivity index (χ0) is 21.9. The molecule has 0 atom stereocenters. The molecule has 0 unspecified atom stereocenters. The number of aryl methyl sites for hydroxylation is 1. The maximum absolute atomic E-state index is 12.5. The molecule has 0 aliphatic heterocycles. The molecule has 0 aromatic carbocycles. The van der Waals surface area contributed by atoms with Crippen LogP contribution in [0.2, 0.25) is 0 Å². The van der Waals surface area contributed by atoms with E-state index >= 15 is 0 Å². The minimum absolute atomic E-state index is 0.0728. The topological polar surface area (TPSA) is 94.1 Å². The number of rotatable bonds is 8. The van der Waals surface area contributed by atoms with Crippen LogP contribution in [0.5, 0.6) is 5.88 Å². The molecule has 7 nitrogen and oxygen atoms in total. The molecule has 2 aromatic rings. The predicted molar refractivity (Wildman–Crippen MR) is 103 cm³/mol. The van der Waals surface area contributed by atoms with Crippen molar-refractivity contribution in [2.45, 2.75) is 38.9 Å². The minimum atomic E-state index is -4.47. The van der Waals surface area contributed by atoms with Gasteiger partial charge in [-0.2, -0.15) is 13.2 Å². The number of carbonyl (C=O) groups is 2. The van der Waals surface area contributed by atoms with Crippen molar-refractivity contribution in [2.24, 2.45) is 5.92 Å². The van der Waals surface area contributed by atoms with Gasteiger partial charge in [0.25, 0.3) is 5.91 Å². The molecule has 1 N–H and O–H groups in total. The molecule has 3 rings (SSSR count). The summed E-state index contributed by atoms with van der Waals surface area (Å²) < 4.78 is 41.6. The van der Waals surface area contributed by atoms with E-state index in [2.05, 4.69) is 40.9 Å². The van der Waals surface area contributed by atoms with Crippen LogP contribution < -0.4 is 10.1 Å². The van der Waals surface area contributed by atoms with Crippen molar-refractivity contribution >= 4 is 27.6 Å². The van der Waals surface area contributed by atoms with Crippen molar-refractivity contribution < 1.29 is 27.5 Å². The van der Waals surface area contributed by atoms with Gasteiger partial charge in [-0.3, -0.25) is 9.59 Å². The number of nitrogens with one attached hydrogen (secondary N) is 1. The molecule has 1 aliphatic rings. The first-order valence-corrected chi connectivity index (χ1v) is 9.89. The van der Waals surface area contributed by atoms with Crippen LogP contribution in [0.15, 0.2) is 22.8 Å². The average Bonchev–Trinajstić information content (AvgIpc) is 3.49. The summed E-state index contributed by atoms with van der Waals surface area (Å²) in [7, 11) is 0. The number of Topliss-reactive ketones (excluding diaryl/α,β-unsaturated/α-hetero) is 1. The molecule has 160 valence electrons. The van der Waals surface area contributed by atoms with E-state index in [9.17, 15) is 22.8 Å². The maximum atomic E-state index is 12.5. The minimum Gasteiger partial charge on any atom is -0.467 e. The first-order valence-electron chi connectivity index (χ1n) is 9.10. The van der Waals surface area contributed by atoms with E-state index in [0.717, 1.165) is 12.8 Å². The number of carbonyl (C=O) groups excluding carboxylic acids is 2. The van der Waals surface area contributed by atoms with E-state index in [-0.39, 0.29) is 40.7 Å². The van der Waals surface area contributed by atoms with Gasteiger partial charge >= 0.3 is 6.18 Å². The normalized spacial score (nSPS) is 13.8. The molecule has 0 saturated heterocycles. The zero-order valence-corrected chi connectivity index (χ0v) is 17.5. The van der Waals surface area contributed by atoms with E-state index in [0.29, 0.717) is 17.1 Å². The van der Waals surface area contributed by atoms with Crippen molar-refractivity contribution in [3.05, 3.63) is 45.6 Å². The number of ether oxygens (including phenoxy) is 1. The number of nitrogens with zero attached hydrogens (tertiary/aromatic N) is 3. The standard InChI is InChI=1S/C19H18BrF3N4O3/c1-10-4-14(27-16(26-10)6-15(28)12-2-3-12)17(29)24-7-11-5-13(20)18(25-8-11)30-9-19(21,22)23/h4-5,8,12H,2-3,6-7,9H2,1H3,(H,24,29). The number of aromatic nitrogens is 3. The van der Waals surface area contributed by atoms with Crippen LogP contribution >= 0.6 is 15.9 Å². The summed E-state index contributed by atoms with van der Waals surface area (Å²) in [6.45, 7) is 0.334. The molecule has 0 bridgehead atoms. The summed E-state index contributed by atoms with van der Waals surface area (Å²) in [5, 5.41) is 2.67. The number of ketones is 1. The van der Waals surface area contributed by atoms with Crippen LogP contribution in [0.25, 0.3) is 0 Å². The summed E-state index contributed by atoms with van der Waals surface area (Å²) in [6.07, 6.45) is -1.28. The molecule has 30 heavy (non-hydrogen) atoms. The highest BCUT2D eigenvalue weighted by atomic mass is 79.9. The Labute approximate surface area is 178 Å². The van der Waals surface area contributed by atoms with E-state index in [1.165, 1.54) is 18.3 Å². The van der Waals surface area contributed by atoms with Gasteiger partial charge in [-0.05, 0) is 53.4 Å². The SMILES string of the molecule is Cc1cc(C(=O)NCc2cnc(OCC(F)(F)F)c(Br)c2)nc(CC(=O)C2CC2)n1.